The van der Waals surface area contributed by atoms with Gasteiger partial charge in [-0.05, 0) is 30.2 Å². The number of hydrogen-bond donors (Lipinski definition) is 1. The fraction of sp³-hybridized carbons (Fsp3) is 0.440. The summed E-state index contributed by atoms with van der Waals surface area (Å²) in [6, 6.07) is 16.0. The number of carbonyl (C=O) groups is 2. The Morgan fingerprint density at radius 2 is 1.65 bits per heavy atom. The van der Waals surface area contributed by atoms with Gasteiger partial charge in [0.2, 0.25) is 11.8 Å². The number of anilines is 1. The van der Waals surface area contributed by atoms with E-state index < -0.39 is 0 Å². The van der Waals surface area contributed by atoms with Gasteiger partial charge in [0.15, 0.2) is 0 Å². The lowest BCUT2D eigenvalue weighted by atomic mass is 10.1. The first kappa shape index (κ1) is 23.0. The number of benzene rings is 2. The third-order valence-corrected chi connectivity index (χ3v) is 5.53. The van der Waals surface area contributed by atoms with E-state index in [0.717, 1.165) is 49.7 Å². The lowest BCUT2D eigenvalue weighted by Crippen LogP contribution is -2.41. The molecule has 0 spiro atoms. The zero-order chi connectivity index (χ0) is 22.1. The third-order valence-electron chi connectivity index (χ3n) is 5.53. The van der Waals surface area contributed by atoms with E-state index >= 15 is 0 Å². The van der Waals surface area contributed by atoms with Gasteiger partial charge in [0.25, 0.3) is 0 Å². The molecule has 0 aliphatic carbocycles. The van der Waals surface area contributed by atoms with Gasteiger partial charge < -0.3 is 15.0 Å². The van der Waals surface area contributed by atoms with Gasteiger partial charge in [-0.15, -0.1) is 0 Å². The van der Waals surface area contributed by atoms with Crippen molar-refractivity contribution in [3.8, 4) is 0 Å². The average molecular weight is 424 g/mol. The predicted octanol–water partition coefficient (Wildman–Crippen LogP) is 2.93. The molecular formula is C25H33N3O3. The van der Waals surface area contributed by atoms with Crippen molar-refractivity contribution in [3.05, 3.63) is 65.2 Å². The molecule has 1 N–H and O–H groups in total. The molecule has 31 heavy (non-hydrogen) atoms. The van der Waals surface area contributed by atoms with E-state index in [1.165, 1.54) is 5.56 Å². The number of morpholine rings is 1. The topological polar surface area (TPSA) is 61.9 Å². The van der Waals surface area contributed by atoms with Crippen molar-refractivity contribution in [2.45, 2.75) is 33.2 Å². The van der Waals surface area contributed by atoms with Gasteiger partial charge in [0.1, 0.15) is 0 Å². The van der Waals surface area contributed by atoms with Crippen LogP contribution >= 0.6 is 0 Å². The van der Waals surface area contributed by atoms with E-state index in [0.29, 0.717) is 25.9 Å². The Bertz CT molecular complexity index is 843. The second-order valence-electron chi connectivity index (χ2n) is 7.97. The van der Waals surface area contributed by atoms with E-state index in [4.69, 9.17) is 4.74 Å². The molecule has 0 bridgehead atoms. The van der Waals surface area contributed by atoms with Crippen molar-refractivity contribution < 1.29 is 14.3 Å². The van der Waals surface area contributed by atoms with Gasteiger partial charge in [-0.3, -0.25) is 14.5 Å². The molecule has 0 saturated carbocycles. The van der Waals surface area contributed by atoms with Gasteiger partial charge in [-0.2, -0.15) is 0 Å². The lowest BCUT2D eigenvalue weighted by molar-refractivity contribution is -0.120. The van der Waals surface area contributed by atoms with Crippen LogP contribution in [0.2, 0.25) is 0 Å². The molecule has 6 heteroatoms. The molecule has 1 aliphatic heterocycles. The second-order valence-corrected chi connectivity index (χ2v) is 7.97. The van der Waals surface area contributed by atoms with Crippen molar-refractivity contribution in [2.24, 2.45) is 0 Å². The van der Waals surface area contributed by atoms with Crippen LogP contribution < -0.4 is 10.2 Å². The van der Waals surface area contributed by atoms with Crippen molar-refractivity contribution in [2.75, 3.05) is 44.3 Å². The van der Waals surface area contributed by atoms with Crippen LogP contribution in [0.5, 0.6) is 0 Å². The summed E-state index contributed by atoms with van der Waals surface area (Å²) >= 11 is 0. The highest BCUT2D eigenvalue weighted by Gasteiger charge is 2.15. The van der Waals surface area contributed by atoms with Crippen molar-refractivity contribution in [3.63, 3.8) is 0 Å². The standard InChI is InChI=1S/C25H33N3O3/c1-3-25(30)28(19-22-6-4-20(2)5-7-22)23-10-8-21(9-11-23)18-24(29)26-12-13-27-14-16-31-17-15-27/h4-11H,3,12-19H2,1-2H3,(H,26,29). The number of nitrogens with zero attached hydrogens (tertiary/aromatic N) is 2. The maximum Gasteiger partial charge on any atom is 0.227 e. The summed E-state index contributed by atoms with van der Waals surface area (Å²) < 4.78 is 5.34. The molecule has 166 valence electrons. The first-order chi connectivity index (χ1) is 15.0. The number of hydrogen-bond acceptors (Lipinski definition) is 4. The van der Waals surface area contributed by atoms with Crippen LogP contribution in [-0.4, -0.2) is 56.1 Å². The first-order valence-corrected chi connectivity index (χ1v) is 11.1. The smallest absolute Gasteiger partial charge is 0.227 e. The Labute approximate surface area is 185 Å². The SMILES string of the molecule is CCC(=O)N(Cc1ccc(C)cc1)c1ccc(CC(=O)NCCN2CCOCC2)cc1. The molecule has 0 radical (unpaired) electrons. The highest BCUT2D eigenvalue weighted by atomic mass is 16.5. The molecule has 1 fully saturated rings. The monoisotopic (exact) mass is 423 g/mol. The van der Waals surface area contributed by atoms with Crippen LogP contribution in [0.1, 0.15) is 30.0 Å². The second kappa shape index (κ2) is 11.6. The molecule has 2 amide bonds. The number of aryl methyl sites for hydroxylation is 1. The number of amides is 2. The molecule has 2 aromatic rings. The van der Waals surface area contributed by atoms with Crippen LogP contribution in [-0.2, 0) is 27.3 Å². The van der Waals surface area contributed by atoms with E-state index in [9.17, 15) is 9.59 Å². The van der Waals surface area contributed by atoms with E-state index in [-0.39, 0.29) is 11.8 Å². The number of carbonyl (C=O) groups excluding carboxylic acids is 2. The van der Waals surface area contributed by atoms with E-state index in [1.807, 2.05) is 31.2 Å². The van der Waals surface area contributed by atoms with Crippen LogP contribution in [0.4, 0.5) is 5.69 Å². The van der Waals surface area contributed by atoms with Gasteiger partial charge in [-0.1, -0.05) is 48.9 Å². The Balaban J connectivity index is 1.54. The maximum atomic E-state index is 12.5. The minimum atomic E-state index is 0.0159. The minimum absolute atomic E-state index is 0.0159. The summed E-state index contributed by atoms with van der Waals surface area (Å²) in [4.78, 5) is 28.9. The van der Waals surface area contributed by atoms with E-state index in [2.05, 4.69) is 41.4 Å². The maximum absolute atomic E-state index is 12.5. The minimum Gasteiger partial charge on any atom is -0.379 e. The Kier molecular flexibility index (Phi) is 8.62. The van der Waals surface area contributed by atoms with E-state index in [1.54, 1.807) is 4.90 Å². The largest absolute Gasteiger partial charge is 0.379 e. The third kappa shape index (κ3) is 7.19. The zero-order valence-electron chi connectivity index (χ0n) is 18.6. The molecule has 1 aliphatic rings. The highest BCUT2D eigenvalue weighted by Crippen LogP contribution is 2.20. The molecule has 0 atom stereocenters. The Morgan fingerprint density at radius 1 is 1.00 bits per heavy atom. The highest BCUT2D eigenvalue weighted by molar-refractivity contribution is 5.93. The van der Waals surface area contributed by atoms with Crippen molar-refractivity contribution >= 4 is 17.5 Å². The van der Waals surface area contributed by atoms with Crippen LogP contribution in [0.15, 0.2) is 48.5 Å². The summed E-state index contributed by atoms with van der Waals surface area (Å²) in [6.07, 6.45) is 0.780. The fourth-order valence-corrected chi connectivity index (χ4v) is 3.61. The molecule has 6 nitrogen and oxygen atoms in total. The summed E-state index contributed by atoms with van der Waals surface area (Å²) in [5.41, 5.74) is 4.08. The van der Waals surface area contributed by atoms with Crippen molar-refractivity contribution in [1.82, 2.24) is 10.2 Å². The Morgan fingerprint density at radius 3 is 2.29 bits per heavy atom. The van der Waals surface area contributed by atoms with Crippen LogP contribution in [0.3, 0.4) is 0 Å². The summed E-state index contributed by atoms with van der Waals surface area (Å²) in [5.74, 6) is 0.0938. The number of nitrogens with one attached hydrogen (secondary N) is 1. The Hall–Kier alpha value is -2.70. The molecule has 0 unspecified atom stereocenters. The normalized spacial score (nSPS) is 14.3. The van der Waals surface area contributed by atoms with Gasteiger partial charge in [0, 0.05) is 38.3 Å². The van der Waals surface area contributed by atoms with Crippen LogP contribution in [0, 0.1) is 6.92 Å². The molecule has 1 saturated heterocycles. The summed E-state index contributed by atoms with van der Waals surface area (Å²) in [7, 11) is 0. The molecule has 1 heterocycles. The molecule has 0 aromatic heterocycles. The lowest BCUT2D eigenvalue weighted by Gasteiger charge is -2.26. The zero-order valence-corrected chi connectivity index (χ0v) is 18.6. The van der Waals surface area contributed by atoms with Crippen molar-refractivity contribution in [1.29, 1.82) is 0 Å². The van der Waals surface area contributed by atoms with Gasteiger partial charge in [0.05, 0.1) is 26.2 Å². The quantitative estimate of drug-likeness (QED) is 0.674. The average Bonchev–Trinajstić information content (AvgIpc) is 2.79. The predicted molar refractivity (Wildman–Crippen MR) is 123 cm³/mol. The van der Waals surface area contributed by atoms with Gasteiger partial charge >= 0.3 is 0 Å². The fourth-order valence-electron chi connectivity index (χ4n) is 3.61. The molecular weight excluding hydrogens is 390 g/mol. The van der Waals surface area contributed by atoms with Gasteiger partial charge in [-0.25, -0.2) is 0 Å². The summed E-state index contributed by atoms with van der Waals surface area (Å²) in [5, 5.41) is 2.99. The first-order valence-electron chi connectivity index (χ1n) is 11.1. The molecule has 3 rings (SSSR count). The van der Waals surface area contributed by atoms with Crippen LogP contribution in [0.25, 0.3) is 0 Å². The summed E-state index contributed by atoms with van der Waals surface area (Å²) in [6.45, 7) is 9.33. The number of ether oxygens (including phenoxy) is 1. The molecule has 2 aromatic carbocycles. The number of rotatable bonds is 9.